The lowest BCUT2D eigenvalue weighted by Gasteiger charge is -2.20. The molecule has 2 N–H and O–H groups in total. The summed E-state index contributed by atoms with van der Waals surface area (Å²) >= 11 is 1.67. The summed E-state index contributed by atoms with van der Waals surface area (Å²) in [7, 11) is 0. The predicted octanol–water partition coefficient (Wildman–Crippen LogP) is 1.46. The third-order valence-electron chi connectivity index (χ3n) is 2.38. The molecule has 96 valence electrons. The Morgan fingerprint density at radius 1 is 1.53 bits per heavy atom. The number of carbonyl (C=O) groups is 1. The highest BCUT2D eigenvalue weighted by molar-refractivity contribution is 7.09. The molecule has 0 unspecified atom stereocenters. The molecule has 5 heteroatoms. The Bertz CT molecular complexity index is 314. The summed E-state index contributed by atoms with van der Waals surface area (Å²) < 4.78 is 5.21. The van der Waals surface area contributed by atoms with Crippen LogP contribution in [-0.4, -0.2) is 37.1 Å². The van der Waals surface area contributed by atoms with E-state index in [1.165, 1.54) is 4.88 Å². The van der Waals surface area contributed by atoms with Crippen LogP contribution in [0.15, 0.2) is 17.5 Å². The molecule has 1 aromatic rings. The minimum absolute atomic E-state index is 0.137. The van der Waals surface area contributed by atoms with Gasteiger partial charge < -0.3 is 15.4 Å². The molecule has 4 nitrogen and oxygen atoms in total. The van der Waals surface area contributed by atoms with E-state index in [1.54, 1.807) is 11.3 Å². The summed E-state index contributed by atoms with van der Waals surface area (Å²) in [5, 5.41) is 2.03. The second-order valence-corrected chi connectivity index (χ2v) is 4.67. The number of rotatable bonds is 8. The third-order valence-corrected chi connectivity index (χ3v) is 3.24. The van der Waals surface area contributed by atoms with Crippen LogP contribution < -0.4 is 5.73 Å². The van der Waals surface area contributed by atoms with E-state index in [2.05, 4.69) is 0 Å². The highest BCUT2D eigenvalue weighted by atomic mass is 32.1. The van der Waals surface area contributed by atoms with Crippen LogP contribution in [0.1, 0.15) is 18.2 Å². The van der Waals surface area contributed by atoms with Crippen molar-refractivity contribution < 1.29 is 9.53 Å². The second kappa shape index (κ2) is 8.22. The van der Waals surface area contributed by atoms with Gasteiger partial charge in [0.15, 0.2) is 0 Å². The van der Waals surface area contributed by atoms with Crippen molar-refractivity contribution in [3.05, 3.63) is 22.4 Å². The molecule has 0 fully saturated rings. The van der Waals surface area contributed by atoms with Gasteiger partial charge in [0.25, 0.3) is 0 Å². The van der Waals surface area contributed by atoms with Crippen LogP contribution in [-0.2, 0) is 16.1 Å². The van der Waals surface area contributed by atoms with Crippen LogP contribution in [0, 0.1) is 0 Å². The molecular weight excluding hydrogens is 236 g/mol. The van der Waals surface area contributed by atoms with Gasteiger partial charge in [-0.25, -0.2) is 0 Å². The molecule has 0 aliphatic carbocycles. The zero-order valence-electron chi connectivity index (χ0n) is 10.2. The number of hydrogen-bond donors (Lipinski definition) is 1. The Kier molecular flexibility index (Phi) is 6.84. The fraction of sp³-hybridized carbons (Fsp3) is 0.583. The molecule has 1 aromatic heterocycles. The van der Waals surface area contributed by atoms with Crippen molar-refractivity contribution in [1.82, 2.24) is 4.90 Å². The van der Waals surface area contributed by atoms with Crippen molar-refractivity contribution in [2.24, 2.45) is 5.73 Å². The van der Waals surface area contributed by atoms with Gasteiger partial charge in [0.1, 0.15) is 0 Å². The summed E-state index contributed by atoms with van der Waals surface area (Å²) in [5.74, 6) is 0.137. The lowest BCUT2D eigenvalue weighted by atomic mass is 10.3. The number of hydrogen-bond acceptors (Lipinski definition) is 4. The molecule has 1 rings (SSSR count). The molecular formula is C12H20N2O2S. The van der Waals surface area contributed by atoms with Crippen LogP contribution in [0.3, 0.4) is 0 Å². The summed E-state index contributed by atoms with van der Waals surface area (Å²) in [6.07, 6.45) is 0.430. The smallest absolute Gasteiger partial charge is 0.225 e. The summed E-state index contributed by atoms with van der Waals surface area (Å²) in [6.45, 7) is 4.89. The molecule has 0 atom stereocenters. The van der Waals surface area contributed by atoms with E-state index in [4.69, 9.17) is 10.5 Å². The van der Waals surface area contributed by atoms with E-state index < -0.39 is 0 Å². The van der Waals surface area contributed by atoms with Gasteiger partial charge in [0, 0.05) is 18.0 Å². The predicted molar refractivity (Wildman–Crippen MR) is 69.9 cm³/mol. The van der Waals surface area contributed by atoms with Crippen molar-refractivity contribution in [3.8, 4) is 0 Å². The maximum absolute atomic E-state index is 11.9. The number of carbonyl (C=O) groups excluding carboxylic acids is 1. The highest BCUT2D eigenvalue weighted by Crippen LogP contribution is 2.12. The molecule has 0 saturated heterocycles. The topological polar surface area (TPSA) is 55.6 Å². The van der Waals surface area contributed by atoms with Crippen molar-refractivity contribution >= 4 is 17.2 Å². The summed E-state index contributed by atoms with van der Waals surface area (Å²) in [6, 6.07) is 4.05. The van der Waals surface area contributed by atoms with Crippen LogP contribution in [0.25, 0.3) is 0 Å². The number of nitrogens with zero attached hydrogens (tertiary/aromatic N) is 1. The Labute approximate surface area is 106 Å². The van der Waals surface area contributed by atoms with Crippen LogP contribution in [0.5, 0.6) is 0 Å². The number of nitrogens with two attached hydrogens (primary N) is 1. The van der Waals surface area contributed by atoms with Crippen molar-refractivity contribution in [3.63, 3.8) is 0 Å². The Morgan fingerprint density at radius 2 is 2.35 bits per heavy atom. The second-order valence-electron chi connectivity index (χ2n) is 3.64. The first-order valence-electron chi connectivity index (χ1n) is 5.86. The standard InChI is InChI=1S/C12H20N2O2S/c1-2-14(10-11-4-3-9-17-11)12(15)5-7-16-8-6-13/h3-4,9H,2,5-8,10,13H2,1H3. The lowest BCUT2D eigenvalue weighted by molar-refractivity contribution is -0.132. The Hall–Kier alpha value is -0.910. The van der Waals surface area contributed by atoms with E-state index in [0.717, 1.165) is 6.54 Å². The van der Waals surface area contributed by atoms with Gasteiger partial charge in [-0.3, -0.25) is 4.79 Å². The van der Waals surface area contributed by atoms with Gasteiger partial charge >= 0.3 is 0 Å². The molecule has 0 aromatic carbocycles. The number of thiophene rings is 1. The Morgan fingerprint density at radius 3 is 2.94 bits per heavy atom. The van der Waals surface area contributed by atoms with E-state index >= 15 is 0 Å². The molecule has 0 aliphatic rings. The van der Waals surface area contributed by atoms with Crippen molar-refractivity contribution in [1.29, 1.82) is 0 Å². The van der Waals surface area contributed by atoms with Crippen molar-refractivity contribution in [2.75, 3.05) is 26.3 Å². The number of ether oxygens (including phenoxy) is 1. The minimum atomic E-state index is 0.137. The average Bonchev–Trinajstić information content (AvgIpc) is 2.84. The first-order valence-corrected chi connectivity index (χ1v) is 6.73. The number of amides is 1. The summed E-state index contributed by atoms with van der Waals surface area (Å²) in [5.41, 5.74) is 5.30. The maximum atomic E-state index is 11.9. The average molecular weight is 256 g/mol. The van der Waals surface area contributed by atoms with E-state index in [-0.39, 0.29) is 5.91 Å². The molecule has 0 radical (unpaired) electrons. The van der Waals surface area contributed by atoms with Gasteiger partial charge in [-0.2, -0.15) is 0 Å². The van der Waals surface area contributed by atoms with Gasteiger partial charge in [-0.1, -0.05) is 6.07 Å². The summed E-state index contributed by atoms with van der Waals surface area (Å²) in [4.78, 5) is 14.9. The quantitative estimate of drug-likeness (QED) is 0.716. The minimum Gasteiger partial charge on any atom is -0.380 e. The molecule has 0 spiro atoms. The van der Waals surface area contributed by atoms with E-state index in [0.29, 0.717) is 32.7 Å². The normalized spacial score (nSPS) is 10.5. The van der Waals surface area contributed by atoms with Crippen LogP contribution >= 0.6 is 11.3 Å². The molecule has 1 heterocycles. The largest absolute Gasteiger partial charge is 0.380 e. The first kappa shape index (κ1) is 14.2. The Balaban J connectivity index is 2.31. The van der Waals surface area contributed by atoms with Gasteiger partial charge in [0.05, 0.1) is 26.2 Å². The van der Waals surface area contributed by atoms with Gasteiger partial charge in [-0.15, -0.1) is 11.3 Å². The highest BCUT2D eigenvalue weighted by Gasteiger charge is 2.12. The monoisotopic (exact) mass is 256 g/mol. The fourth-order valence-corrected chi connectivity index (χ4v) is 2.19. The molecule has 0 bridgehead atoms. The first-order chi connectivity index (χ1) is 8.27. The zero-order chi connectivity index (χ0) is 12.5. The molecule has 17 heavy (non-hydrogen) atoms. The molecule has 0 saturated carbocycles. The fourth-order valence-electron chi connectivity index (χ4n) is 1.47. The van der Waals surface area contributed by atoms with Crippen LogP contribution in [0.2, 0.25) is 0 Å². The zero-order valence-corrected chi connectivity index (χ0v) is 11.0. The molecule has 1 amide bonds. The maximum Gasteiger partial charge on any atom is 0.225 e. The van der Waals surface area contributed by atoms with Gasteiger partial charge in [0.2, 0.25) is 5.91 Å². The van der Waals surface area contributed by atoms with E-state index in [1.807, 2.05) is 29.3 Å². The lowest BCUT2D eigenvalue weighted by Crippen LogP contribution is -2.30. The van der Waals surface area contributed by atoms with Crippen LogP contribution in [0.4, 0.5) is 0 Å². The third kappa shape index (κ3) is 5.30. The van der Waals surface area contributed by atoms with Gasteiger partial charge in [-0.05, 0) is 18.4 Å². The molecule has 0 aliphatic heterocycles. The van der Waals surface area contributed by atoms with Crippen molar-refractivity contribution in [2.45, 2.75) is 19.9 Å². The van der Waals surface area contributed by atoms with E-state index in [9.17, 15) is 4.79 Å². The SMILES string of the molecule is CCN(Cc1cccs1)C(=O)CCOCCN.